The van der Waals surface area contributed by atoms with E-state index in [1.165, 1.54) is 0 Å². The number of ether oxygens (including phenoxy) is 1. The minimum absolute atomic E-state index is 0.200. The van der Waals surface area contributed by atoms with E-state index < -0.39 is 0 Å². The molecule has 1 aromatic rings. The van der Waals surface area contributed by atoms with Crippen LogP contribution in [0.15, 0.2) is 36.0 Å². The van der Waals surface area contributed by atoms with Crippen LogP contribution in [0.2, 0.25) is 0 Å². The zero-order valence-corrected chi connectivity index (χ0v) is 8.62. The van der Waals surface area contributed by atoms with Gasteiger partial charge in [-0.05, 0) is 30.7 Å². The second kappa shape index (κ2) is 4.17. The van der Waals surface area contributed by atoms with Gasteiger partial charge in [0.2, 0.25) is 0 Å². The molecule has 0 heterocycles. The molecule has 3 heteroatoms. The van der Waals surface area contributed by atoms with E-state index in [1.807, 2.05) is 24.3 Å². The van der Waals surface area contributed by atoms with Crippen molar-refractivity contribution in [2.75, 3.05) is 12.4 Å². The first kappa shape index (κ1) is 9.77. The van der Waals surface area contributed by atoms with Gasteiger partial charge in [0.25, 0.3) is 0 Å². The number of hydrogen-bond acceptors (Lipinski definition) is 3. The predicted molar refractivity (Wildman–Crippen MR) is 58.9 cm³/mol. The highest BCUT2D eigenvalue weighted by atomic mass is 16.5. The molecule has 78 valence electrons. The average Bonchev–Trinajstić information content (AvgIpc) is 2.65. The van der Waals surface area contributed by atoms with Crippen molar-refractivity contribution in [2.24, 2.45) is 0 Å². The third-order valence-electron chi connectivity index (χ3n) is 2.37. The molecule has 0 aromatic heterocycles. The summed E-state index contributed by atoms with van der Waals surface area (Å²) in [6.07, 6.45) is 3.10. The molecule has 1 N–H and O–H groups in total. The van der Waals surface area contributed by atoms with Crippen LogP contribution in [0.3, 0.4) is 0 Å². The molecule has 1 aliphatic rings. The number of hydrogen-bond donors (Lipinski definition) is 1. The molecule has 2 rings (SSSR count). The minimum atomic E-state index is 0.200. The zero-order valence-electron chi connectivity index (χ0n) is 8.62. The van der Waals surface area contributed by atoms with E-state index in [9.17, 15) is 4.79 Å². The maximum atomic E-state index is 11.0. The average molecular weight is 203 g/mol. The Morgan fingerprint density at radius 2 is 1.93 bits per heavy atom. The molecule has 0 radical (unpaired) electrons. The van der Waals surface area contributed by atoms with E-state index in [-0.39, 0.29) is 5.78 Å². The Kier molecular flexibility index (Phi) is 2.72. The van der Waals surface area contributed by atoms with Crippen LogP contribution in [0.5, 0.6) is 5.75 Å². The first-order valence-corrected chi connectivity index (χ1v) is 4.92. The number of carbonyl (C=O) groups is 1. The number of ketones is 1. The van der Waals surface area contributed by atoms with Crippen molar-refractivity contribution in [3.63, 3.8) is 0 Å². The van der Waals surface area contributed by atoms with Gasteiger partial charge in [-0.3, -0.25) is 4.79 Å². The molecule has 0 spiro atoms. The van der Waals surface area contributed by atoms with Crippen molar-refractivity contribution >= 4 is 11.5 Å². The van der Waals surface area contributed by atoms with E-state index in [4.69, 9.17) is 4.74 Å². The van der Waals surface area contributed by atoms with Crippen LogP contribution in [0, 0.1) is 0 Å². The Morgan fingerprint density at radius 1 is 1.20 bits per heavy atom. The normalized spacial score (nSPS) is 15.0. The van der Waals surface area contributed by atoms with Crippen LogP contribution in [0.4, 0.5) is 5.69 Å². The molecule has 0 bridgehead atoms. The van der Waals surface area contributed by atoms with Gasteiger partial charge in [0.1, 0.15) is 5.75 Å². The van der Waals surface area contributed by atoms with Gasteiger partial charge in [0, 0.05) is 23.9 Å². The smallest absolute Gasteiger partial charge is 0.157 e. The summed E-state index contributed by atoms with van der Waals surface area (Å²) >= 11 is 0. The summed E-state index contributed by atoms with van der Waals surface area (Å²) in [7, 11) is 1.64. The van der Waals surface area contributed by atoms with Crippen molar-refractivity contribution in [3.8, 4) is 5.75 Å². The number of rotatable bonds is 3. The lowest BCUT2D eigenvalue weighted by Crippen LogP contribution is -1.96. The standard InChI is InChI=1S/C12H13NO2/c1-15-12-6-3-9(4-7-12)13-10-2-5-11(14)8-10/h3-4,6-8,13H,2,5H2,1H3. The van der Waals surface area contributed by atoms with E-state index in [0.29, 0.717) is 6.42 Å². The molecule has 0 fully saturated rings. The largest absolute Gasteiger partial charge is 0.497 e. The van der Waals surface area contributed by atoms with Crippen molar-refractivity contribution in [3.05, 3.63) is 36.0 Å². The van der Waals surface area contributed by atoms with Crippen molar-refractivity contribution in [1.82, 2.24) is 0 Å². The lowest BCUT2D eigenvalue weighted by atomic mass is 10.3. The van der Waals surface area contributed by atoms with E-state index in [0.717, 1.165) is 23.6 Å². The molecule has 0 saturated heterocycles. The number of methoxy groups -OCH3 is 1. The fourth-order valence-electron chi connectivity index (χ4n) is 1.55. The topological polar surface area (TPSA) is 38.3 Å². The van der Waals surface area contributed by atoms with E-state index >= 15 is 0 Å². The Hall–Kier alpha value is -1.77. The Labute approximate surface area is 88.8 Å². The summed E-state index contributed by atoms with van der Waals surface area (Å²) in [4.78, 5) is 11.0. The fraction of sp³-hybridized carbons (Fsp3) is 0.250. The van der Waals surface area contributed by atoms with Gasteiger partial charge < -0.3 is 10.1 Å². The Morgan fingerprint density at radius 3 is 2.47 bits per heavy atom. The molecule has 15 heavy (non-hydrogen) atoms. The quantitative estimate of drug-likeness (QED) is 0.819. The van der Waals surface area contributed by atoms with Crippen LogP contribution >= 0.6 is 0 Å². The molecular formula is C12H13NO2. The van der Waals surface area contributed by atoms with Crippen LogP contribution in [-0.2, 0) is 4.79 Å². The highest BCUT2D eigenvalue weighted by molar-refractivity contribution is 5.93. The first-order valence-electron chi connectivity index (χ1n) is 4.92. The molecule has 3 nitrogen and oxygen atoms in total. The Balaban J connectivity index is 2.05. The molecular weight excluding hydrogens is 190 g/mol. The number of carbonyl (C=O) groups excluding carboxylic acids is 1. The summed E-state index contributed by atoms with van der Waals surface area (Å²) in [6.45, 7) is 0. The number of nitrogens with one attached hydrogen (secondary N) is 1. The van der Waals surface area contributed by atoms with Crippen LogP contribution < -0.4 is 10.1 Å². The predicted octanol–water partition coefficient (Wildman–Crippen LogP) is 2.35. The second-order valence-electron chi connectivity index (χ2n) is 3.49. The molecule has 0 atom stereocenters. The first-order chi connectivity index (χ1) is 7.28. The van der Waals surface area contributed by atoms with Crippen LogP contribution in [0.25, 0.3) is 0 Å². The molecule has 0 amide bonds. The number of anilines is 1. The van der Waals surface area contributed by atoms with Gasteiger partial charge in [-0.1, -0.05) is 0 Å². The van der Waals surface area contributed by atoms with Crippen molar-refractivity contribution in [1.29, 1.82) is 0 Å². The Bertz CT molecular complexity index is 393. The van der Waals surface area contributed by atoms with Crippen molar-refractivity contribution in [2.45, 2.75) is 12.8 Å². The fourth-order valence-corrected chi connectivity index (χ4v) is 1.55. The highest BCUT2D eigenvalue weighted by Gasteiger charge is 2.11. The zero-order chi connectivity index (χ0) is 10.7. The lowest BCUT2D eigenvalue weighted by molar-refractivity contribution is -0.114. The molecule has 1 aliphatic carbocycles. The van der Waals surface area contributed by atoms with E-state index in [2.05, 4.69) is 5.32 Å². The molecule has 0 aliphatic heterocycles. The van der Waals surface area contributed by atoms with Crippen LogP contribution in [0.1, 0.15) is 12.8 Å². The lowest BCUT2D eigenvalue weighted by Gasteiger charge is -2.07. The molecule has 0 unspecified atom stereocenters. The monoisotopic (exact) mass is 203 g/mol. The van der Waals surface area contributed by atoms with Gasteiger partial charge >= 0.3 is 0 Å². The molecule has 1 aromatic carbocycles. The maximum absolute atomic E-state index is 11.0. The summed E-state index contributed by atoms with van der Waals surface area (Å²) in [5, 5.41) is 3.21. The summed E-state index contributed by atoms with van der Waals surface area (Å²) in [5.41, 5.74) is 1.97. The molecule has 0 saturated carbocycles. The summed E-state index contributed by atoms with van der Waals surface area (Å²) in [5.74, 6) is 1.03. The van der Waals surface area contributed by atoms with Crippen LogP contribution in [-0.4, -0.2) is 12.9 Å². The van der Waals surface area contributed by atoms with E-state index in [1.54, 1.807) is 13.2 Å². The second-order valence-corrected chi connectivity index (χ2v) is 3.49. The van der Waals surface area contributed by atoms with Gasteiger partial charge in [0.15, 0.2) is 5.78 Å². The number of allylic oxidation sites excluding steroid dienone is 2. The highest BCUT2D eigenvalue weighted by Crippen LogP contribution is 2.20. The maximum Gasteiger partial charge on any atom is 0.157 e. The van der Waals surface area contributed by atoms with Gasteiger partial charge in [-0.25, -0.2) is 0 Å². The summed E-state index contributed by atoms with van der Waals surface area (Å²) in [6, 6.07) is 7.64. The van der Waals surface area contributed by atoms with Gasteiger partial charge in [-0.2, -0.15) is 0 Å². The third kappa shape index (κ3) is 2.37. The van der Waals surface area contributed by atoms with Gasteiger partial charge in [0.05, 0.1) is 7.11 Å². The summed E-state index contributed by atoms with van der Waals surface area (Å²) < 4.78 is 5.06. The van der Waals surface area contributed by atoms with Gasteiger partial charge in [-0.15, -0.1) is 0 Å². The third-order valence-corrected chi connectivity index (χ3v) is 2.37. The minimum Gasteiger partial charge on any atom is -0.497 e. The van der Waals surface area contributed by atoms with Crippen molar-refractivity contribution < 1.29 is 9.53 Å². The SMILES string of the molecule is COc1ccc(NC2=CC(=O)CC2)cc1. The number of benzene rings is 1.